The van der Waals surface area contributed by atoms with E-state index in [2.05, 4.69) is 5.32 Å². The Labute approximate surface area is 212 Å². The summed E-state index contributed by atoms with van der Waals surface area (Å²) in [5.41, 5.74) is 1.37. The smallest absolute Gasteiger partial charge is 0.257 e. The van der Waals surface area contributed by atoms with Crippen LogP contribution in [0.5, 0.6) is 5.75 Å². The third-order valence-corrected chi connectivity index (χ3v) is 6.33. The van der Waals surface area contributed by atoms with Gasteiger partial charge in [-0.05, 0) is 31.2 Å². The van der Waals surface area contributed by atoms with Crippen molar-refractivity contribution in [2.24, 2.45) is 5.92 Å². The normalized spacial score (nSPS) is 21.0. The average molecular weight is 498 g/mol. The fourth-order valence-electron chi connectivity index (χ4n) is 4.20. The molecule has 0 unspecified atom stereocenters. The maximum atomic E-state index is 13.3. The molecular formula is C27H35N3O6. The number of anilines is 1. The quantitative estimate of drug-likeness (QED) is 0.682. The molecule has 0 bridgehead atoms. The number of hydrogen-bond acceptors (Lipinski definition) is 6. The van der Waals surface area contributed by atoms with Gasteiger partial charge in [0.15, 0.2) is 0 Å². The van der Waals surface area contributed by atoms with Gasteiger partial charge in [-0.1, -0.05) is 25.1 Å². The minimum Gasteiger partial charge on any atom is -0.491 e. The van der Waals surface area contributed by atoms with E-state index < -0.39 is 0 Å². The zero-order chi connectivity index (χ0) is 26.2. The lowest BCUT2D eigenvalue weighted by Gasteiger charge is -2.36. The van der Waals surface area contributed by atoms with E-state index in [1.165, 1.54) is 7.11 Å². The number of benzene rings is 2. The highest BCUT2D eigenvalue weighted by Gasteiger charge is 2.30. The summed E-state index contributed by atoms with van der Waals surface area (Å²) in [6.07, 6.45) is -0.280. The summed E-state index contributed by atoms with van der Waals surface area (Å²) >= 11 is 0. The number of carbonyl (C=O) groups is 3. The molecule has 2 aromatic rings. The van der Waals surface area contributed by atoms with Crippen molar-refractivity contribution in [2.45, 2.75) is 26.0 Å². The Kier molecular flexibility index (Phi) is 9.44. The van der Waals surface area contributed by atoms with Crippen LogP contribution < -0.4 is 10.1 Å². The third-order valence-electron chi connectivity index (χ3n) is 6.33. The van der Waals surface area contributed by atoms with Crippen LogP contribution in [0.4, 0.5) is 5.69 Å². The molecule has 0 spiro atoms. The third kappa shape index (κ3) is 6.61. The van der Waals surface area contributed by atoms with Gasteiger partial charge in [-0.15, -0.1) is 0 Å². The first-order valence-corrected chi connectivity index (χ1v) is 11.9. The van der Waals surface area contributed by atoms with E-state index in [0.717, 1.165) is 0 Å². The van der Waals surface area contributed by atoms with Crippen molar-refractivity contribution in [3.8, 4) is 5.75 Å². The molecule has 3 rings (SSSR count). The maximum Gasteiger partial charge on any atom is 0.257 e. The summed E-state index contributed by atoms with van der Waals surface area (Å²) < 4.78 is 16.9. The summed E-state index contributed by atoms with van der Waals surface area (Å²) in [6.45, 7) is 4.76. The average Bonchev–Trinajstić information content (AvgIpc) is 2.88. The minimum absolute atomic E-state index is 0.0389. The van der Waals surface area contributed by atoms with Crippen LogP contribution in [0.15, 0.2) is 48.5 Å². The Bertz CT molecular complexity index is 1060. The van der Waals surface area contributed by atoms with E-state index in [1.54, 1.807) is 66.4 Å². The highest BCUT2D eigenvalue weighted by atomic mass is 16.5. The van der Waals surface area contributed by atoms with Crippen LogP contribution in [-0.4, -0.2) is 87.2 Å². The lowest BCUT2D eigenvalue weighted by atomic mass is 10.0. The first-order chi connectivity index (χ1) is 17.2. The second kappa shape index (κ2) is 12.5. The van der Waals surface area contributed by atoms with Gasteiger partial charge in [0.25, 0.3) is 11.8 Å². The van der Waals surface area contributed by atoms with Crippen molar-refractivity contribution < 1.29 is 28.6 Å². The minimum atomic E-state index is -0.296. The second-order valence-electron chi connectivity index (χ2n) is 9.11. The number of carbonyl (C=O) groups excluding carboxylic acids is 3. The molecule has 36 heavy (non-hydrogen) atoms. The fourth-order valence-corrected chi connectivity index (χ4v) is 4.20. The fraction of sp³-hybridized carbons (Fsp3) is 0.444. The van der Waals surface area contributed by atoms with Crippen molar-refractivity contribution in [2.75, 3.05) is 52.9 Å². The van der Waals surface area contributed by atoms with Crippen molar-refractivity contribution in [3.63, 3.8) is 0 Å². The van der Waals surface area contributed by atoms with Gasteiger partial charge < -0.3 is 29.3 Å². The Morgan fingerprint density at radius 1 is 1.08 bits per heavy atom. The van der Waals surface area contributed by atoms with Gasteiger partial charge in [0, 0.05) is 57.6 Å². The molecule has 9 nitrogen and oxygen atoms in total. The molecule has 2 aromatic carbocycles. The number of ether oxygens (including phenoxy) is 3. The molecule has 1 heterocycles. The van der Waals surface area contributed by atoms with Crippen molar-refractivity contribution in [1.82, 2.24) is 9.80 Å². The standard InChI is InChI=1S/C27H35N3O6/c1-18-14-30(25(31)17-34-4)19(2)16-36-23-13-21(28-26(32)20-9-7-6-8-10-20)11-12-22(23)27(33)29(3)15-24(18)35-5/h6-13,18-19,24H,14-17H2,1-5H3,(H,28,32)/t18-,19+,24+/m0/s1. The van der Waals surface area contributed by atoms with Crippen LogP contribution in [0.2, 0.25) is 0 Å². The molecule has 1 aliphatic rings. The summed E-state index contributed by atoms with van der Waals surface area (Å²) in [4.78, 5) is 42.1. The largest absolute Gasteiger partial charge is 0.491 e. The van der Waals surface area contributed by atoms with Crippen LogP contribution in [0.1, 0.15) is 34.6 Å². The second-order valence-corrected chi connectivity index (χ2v) is 9.11. The topological polar surface area (TPSA) is 97.4 Å². The van der Waals surface area contributed by atoms with Gasteiger partial charge in [0.1, 0.15) is 19.0 Å². The van der Waals surface area contributed by atoms with Crippen molar-refractivity contribution in [1.29, 1.82) is 0 Å². The van der Waals surface area contributed by atoms with Crippen LogP contribution in [-0.2, 0) is 14.3 Å². The molecule has 1 N–H and O–H groups in total. The first-order valence-electron chi connectivity index (χ1n) is 11.9. The van der Waals surface area contributed by atoms with Gasteiger partial charge >= 0.3 is 0 Å². The predicted octanol–water partition coefficient (Wildman–Crippen LogP) is 2.92. The Hall–Kier alpha value is -3.43. The molecule has 3 amide bonds. The molecule has 0 saturated heterocycles. The number of rotatable bonds is 5. The van der Waals surface area contributed by atoms with Crippen molar-refractivity contribution in [3.05, 3.63) is 59.7 Å². The van der Waals surface area contributed by atoms with Gasteiger partial charge in [0.05, 0.1) is 17.7 Å². The Morgan fingerprint density at radius 2 is 1.81 bits per heavy atom. The van der Waals surface area contributed by atoms with Gasteiger partial charge in [0.2, 0.25) is 5.91 Å². The SMILES string of the molecule is COCC(=O)N1C[C@H](C)[C@H](OC)CN(C)C(=O)c2ccc(NC(=O)c3ccccc3)cc2OC[C@H]1C. The van der Waals surface area contributed by atoms with E-state index in [-0.39, 0.29) is 49.0 Å². The van der Waals surface area contributed by atoms with Gasteiger partial charge in [-0.25, -0.2) is 0 Å². The number of methoxy groups -OCH3 is 2. The summed E-state index contributed by atoms with van der Waals surface area (Å²) in [5, 5.41) is 2.85. The highest BCUT2D eigenvalue weighted by molar-refractivity contribution is 6.05. The van der Waals surface area contributed by atoms with E-state index in [0.29, 0.717) is 35.7 Å². The molecule has 0 aliphatic carbocycles. The predicted molar refractivity (Wildman–Crippen MR) is 136 cm³/mol. The Morgan fingerprint density at radius 3 is 2.47 bits per heavy atom. The summed E-state index contributed by atoms with van der Waals surface area (Å²) in [6, 6.07) is 13.5. The molecule has 3 atom stereocenters. The number of likely N-dealkylation sites (N-methyl/N-ethyl adjacent to an activating group) is 1. The van der Waals surface area contributed by atoms with Crippen LogP contribution in [0, 0.1) is 5.92 Å². The molecule has 0 fully saturated rings. The lowest BCUT2D eigenvalue weighted by molar-refractivity contribution is -0.139. The number of fused-ring (bicyclic) bond motifs is 1. The van der Waals surface area contributed by atoms with Gasteiger partial charge in [-0.2, -0.15) is 0 Å². The molecule has 0 saturated carbocycles. The molecule has 194 valence electrons. The van der Waals surface area contributed by atoms with E-state index >= 15 is 0 Å². The molecular weight excluding hydrogens is 462 g/mol. The number of nitrogens with one attached hydrogen (secondary N) is 1. The highest BCUT2D eigenvalue weighted by Crippen LogP contribution is 2.27. The number of nitrogens with zero attached hydrogens (tertiary/aromatic N) is 2. The molecule has 0 radical (unpaired) electrons. The summed E-state index contributed by atoms with van der Waals surface area (Å²) in [5.74, 6) is -0.357. The Balaban J connectivity index is 1.94. The molecule has 9 heteroatoms. The van der Waals surface area contributed by atoms with Crippen molar-refractivity contribution >= 4 is 23.4 Å². The molecule has 0 aromatic heterocycles. The molecule has 1 aliphatic heterocycles. The van der Waals surface area contributed by atoms with E-state index in [4.69, 9.17) is 14.2 Å². The summed E-state index contributed by atoms with van der Waals surface area (Å²) in [7, 11) is 4.80. The van der Waals surface area contributed by atoms with Crippen LogP contribution in [0.3, 0.4) is 0 Å². The van der Waals surface area contributed by atoms with Crippen LogP contribution in [0.25, 0.3) is 0 Å². The van der Waals surface area contributed by atoms with E-state index in [1.807, 2.05) is 19.9 Å². The van der Waals surface area contributed by atoms with Crippen LogP contribution >= 0.6 is 0 Å². The lowest BCUT2D eigenvalue weighted by Crippen LogP contribution is -2.49. The van der Waals surface area contributed by atoms with E-state index in [9.17, 15) is 14.4 Å². The van der Waals surface area contributed by atoms with Gasteiger partial charge in [-0.3, -0.25) is 14.4 Å². The zero-order valence-electron chi connectivity index (χ0n) is 21.5. The monoisotopic (exact) mass is 497 g/mol. The first kappa shape index (κ1) is 27.2. The zero-order valence-corrected chi connectivity index (χ0v) is 21.5. The number of hydrogen-bond donors (Lipinski definition) is 1. The maximum absolute atomic E-state index is 13.3. The number of amides is 3.